The van der Waals surface area contributed by atoms with Gasteiger partial charge in [-0.15, -0.1) is 0 Å². The van der Waals surface area contributed by atoms with Crippen LogP contribution in [-0.2, 0) is 11.3 Å². The Balaban J connectivity index is 2.17. The molecule has 1 amide bonds. The Bertz CT molecular complexity index is 529. The van der Waals surface area contributed by atoms with E-state index in [0.717, 1.165) is 6.54 Å². The second kappa shape index (κ2) is 5.12. The lowest BCUT2D eigenvalue weighted by Crippen LogP contribution is -2.06. The Hall–Kier alpha value is -2.36. The molecule has 17 heavy (non-hydrogen) atoms. The molecule has 0 radical (unpaired) electrons. The molecule has 1 heterocycles. The molecule has 0 unspecified atom stereocenters. The first-order valence-electron chi connectivity index (χ1n) is 5.28. The van der Waals surface area contributed by atoms with Gasteiger partial charge in [0.1, 0.15) is 5.82 Å². The number of carbonyl (C=O) groups is 1. The van der Waals surface area contributed by atoms with Crippen LogP contribution in [0.15, 0.2) is 48.8 Å². The van der Waals surface area contributed by atoms with E-state index in [2.05, 4.69) is 4.98 Å². The molecule has 0 bridgehead atoms. The largest absolute Gasteiger partial charge is 0.366 e. The highest BCUT2D eigenvalue weighted by Crippen LogP contribution is 2.06. The van der Waals surface area contributed by atoms with Gasteiger partial charge >= 0.3 is 0 Å². The monoisotopic (exact) mass is 227 g/mol. The van der Waals surface area contributed by atoms with E-state index in [1.807, 2.05) is 41.1 Å². The van der Waals surface area contributed by atoms with Crippen LogP contribution >= 0.6 is 0 Å². The van der Waals surface area contributed by atoms with Crippen LogP contribution in [0.2, 0.25) is 0 Å². The maximum absolute atomic E-state index is 10.7. The summed E-state index contributed by atoms with van der Waals surface area (Å²) in [6, 6.07) is 10.0. The van der Waals surface area contributed by atoms with E-state index in [0.29, 0.717) is 5.82 Å². The van der Waals surface area contributed by atoms with E-state index in [9.17, 15) is 4.79 Å². The number of rotatable bonds is 4. The van der Waals surface area contributed by atoms with Crippen LogP contribution in [0.5, 0.6) is 0 Å². The average Bonchev–Trinajstić information content (AvgIpc) is 2.75. The van der Waals surface area contributed by atoms with Gasteiger partial charge in [-0.1, -0.05) is 30.3 Å². The minimum absolute atomic E-state index is 0.473. The molecule has 0 aliphatic rings. The standard InChI is InChI=1S/C13H13N3O/c14-12(17)6-7-13-15-8-9-16(13)10-11-4-2-1-3-5-11/h1-9H,10H2,(H2,14,17)/b7-6-. The van der Waals surface area contributed by atoms with Gasteiger partial charge in [0.05, 0.1) is 0 Å². The van der Waals surface area contributed by atoms with Crippen LogP contribution in [0.3, 0.4) is 0 Å². The van der Waals surface area contributed by atoms with Crippen LogP contribution in [0.1, 0.15) is 11.4 Å². The number of hydrogen-bond donors (Lipinski definition) is 1. The van der Waals surface area contributed by atoms with Gasteiger partial charge in [-0.25, -0.2) is 4.98 Å². The first kappa shape index (κ1) is 11.1. The van der Waals surface area contributed by atoms with E-state index in [1.54, 1.807) is 12.3 Å². The van der Waals surface area contributed by atoms with Crippen molar-refractivity contribution in [1.82, 2.24) is 9.55 Å². The van der Waals surface area contributed by atoms with Crippen molar-refractivity contribution in [2.75, 3.05) is 0 Å². The topological polar surface area (TPSA) is 60.9 Å². The van der Waals surface area contributed by atoms with Crippen molar-refractivity contribution in [1.29, 1.82) is 0 Å². The number of aromatic nitrogens is 2. The van der Waals surface area contributed by atoms with Gasteiger partial charge < -0.3 is 10.3 Å². The molecule has 1 aromatic heterocycles. The Kier molecular flexibility index (Phi) is 3.35. The van der Waals surface area contributed by atoms with Crippen molar-refractivity contribution in [3.05, 3.63) is 60.2 Å². The number of benzene rings is 1. The number of nitrogens with zero attached hydrogens (tertiary/aromatic N) is 2. The van der Waals surface area contributed by atoms with Crippen LogP contribution in [0.25, 0.3) is 6.08 Å². The Labute approximate surface area is 99.4 Å². The lowest BCUT2D eigenvalue weighted by molar-refractivity contribution is -0.113. The van der Waals surface area contributed by atoms with Gasteiger partial charge in [-0.2, -0.15) is 0 Å². The minimum atomic E-state index is -0.473. The number of hydrogen-bond acceptors (Lipinski definition) is 2. The fourth-order valence-electron chi connectivity index (χ4n) is 1.55. The fraction of sp³-hybridized carbons (Fsp3) is 0.0769. The van der Waals surface area contributed by atoms with E-state index in [1.165, 1.54) is 11.6 Å². The molecular formula is C13H13N3O. The molecule has 0 saturated carbocycles. The summed E-state index contributed by atoms with van der Waals surface area (Å²) in [5.74, 6) is 0.243. The molecule has 0 saturated heterocycles. The van der Waals surface area contributed by atoms with E-state index < -0.39 is 5.91 Å². The predicted molar refractivity (Wildman–Crippen MR) is 66.0 cm³/mol. The average molecular weight is 227 g/mol. The quantitative estimate of drug-likeness (QED) is 0.803. The smallest absolute Gasteiger partial charge is 0.241 e. The number of nitrogens with two attached hydrogens (primary N) is 1. The number of carbonyl (C=O) groups excluding carboxylic acids is 1. The third kappa shape index (κ3) is 3.04. The SMILES string of the molecule is NC(=O)/C=C\c1nccn1Cc1ccccc1. The summed E-state index contributed by atoms with van der Waals surface area (Å²) in [6.45, 7) is 0.722. The summed E-state index contributed by atoms with van der Waals surface area (Å²) < 4.78 is 1.95. The molecule has 2 aromatic rings. The second-order valence-electron chi connectivity index (χ2n) is 3.63. The molecule has 2 rings (SSSR count). The molecule has 0 fully saturated rings. The first-order chi connectivity index (χ1) is 8.25. The van der Waals surface area contributed by atoms with Crippen molar-refractivity contribution in [2.24, 2.45) is 5.73 Å². The summed E-state index contributed by atoms with van der Waals surface area (Å²) in [4.78, 5) is 14.8. The van der Waals surface area contributed by atoms with Gasteiger partial charge in [0.15, 0.2) is 0 Å². The van der Waals surface area contributed by atoms with Crippen LogP contribution in [0.4, 0.5) is 0 Å². The number of primary amides is 1. The van der Waals surface area contributed by atoms with Crippen molar-refractivity contribution in [2.45, 2.75) is 6.54 Å². The maximum Gasteiger partial charge on any atom is 0.241 e. The lowest BCUT2D eigenvalue weighted by atomic mass is 10.2. The lowest BCUT2D eigenvalue weighted by Gasteiger charge is -2.04. The fourth-order valence-corrected chi connectivity index (χ4v) is 1.55. The van der Waals surface area contributed by atoms with Crippen molar-refractivity contribution in [3.63, 3.8) is 0 Å². The predicted octanol–water partition coefficient (Wildman–Crippen LogP) is 1.43. The highest BCUT2D eigenvalue weighted by molar-refractivity contribution is 5.89. The summed E-state index contributed by atoms with van der Waals surface area (Å²) in [7, 11) is 0. The van der Waals surface area contributed by atoms with Gasteiger partial charge in [0.2, 0.25) is 5.91 Å². The minimum Gasteiger partial charge on any atom is -0.366 e. The second-order valence-corrected chi connectivity index (χ2v) is 3.63. The van der Waals surface area contributed by atoms with Crippen LogP contribution in [-0.4, -0.2) is 15.5 Å². The summed E-state index contributed by atoms with van der Waals surface area (Å²) in [5.41, 5.74) is 6.23. The van der Waals surface area contributed by atoms with Crippen LogP contribution < -0.4 is 5.73 Å². The number of amides is 1. The summed E-state index contributed by atoms with van der Waals surface area (Å²) in [6.07, 6.45) is 6.49. The van der Waals surface area contributed by atoms with Crippen molar-refractivity contribution >= 4 is 12.0 Å². The van der Waals surface area contributed by atoms with Gasteiger partial charge in [0.25, 0.3) is 0 Å². The molecule has 0 atom stereocenters. The Morgan fingerprint density at radius 3 is 2.82 bits per heavy atom. The van der Waals surface area contributed by atoms with Gasteiger partial charge in [-0.05, 0) is 11.6 Å². The van der Waals surface area contributed by atoms with Crippen LogP contribution in [0, 0.1) is 0 Å². The first-order valence-corrected chi connectivity index (χ1v) is 5.28. The molecule has 0 aliphatic heterocycles. The van der Waals surface area contributed by atoms with E-state index in [-0.39, 0.29) is 0 Å². The summed E-state index contributed by atoms with van der Waals surface area (Å²) in [5, 5.41) is 0. The van der Waals surface area contributed by atoms with Crippen molar-refractivity contribution in [3.8, 4) is 0 Å². The maximum atomic E-state index is 10.7. The molecule has 4 heteroatoms. The van der Waals surface area contributed by atoms with Gasteiger partial charge in [-0.3, -0.25) is 4.79 Å². The van der Waals surface area contributed by atoms with E-state index in [4.69, 9.17) is 5.73 Å². The van der Waals surface area contributed by atoms with Gasteiger partial charge in [0, 0.05) is 25.0 Å². The molecule has 4 nitrogen and oxygen atoms in total. The molecule has 0 aliphatic carbocycles. The molecule has 0 spiro atoms. The molecular weight excluding hydrogens is 214 g/mol. The third-order valence-corrected chi connectivity index (χ3v) is 2.34. The molecule has 2 N–H and O–H groups in total. The highest BCUT2D eigenvalue weighted by Gasteiger charge is 2.00. The zero-order chi connectivity index (χ0) is 12.1. The van der Waals surface area contributed by atoms with E-state index >= 15 is 0 Å². The van der Waals surface area contributed by atoms with Crippen molar-refractivity contribution < 1.29 is 4.79 Å². The molecule has 1 aromatic carbocycles. The number of imidazole rings is 1. The zero-order valence-corrected chi connectivity index (χ0v) is 9.28. The Morgan fingerprint density at radius 1 is 1.35 bits per heavy atom. The third-order valence-electron chi connectivity index (χ3n) is 2.34. The summed E-state index contributed by atoms with van der Waals surface area (Å²) >= 11 is 0. The highest BCUT2D eigenvalue weighted by atomic mass is 16.1. The normalized spacial score (nSPS) is 10.8. The zero-order valence-electron chi connectivity index (χ0n) is 9.28. The molecule has 86 valence electrons. The Morgan fingerprint density at radius 2 is 2.12 bits per heavy atom.